The van der Waals surface area contributed by atoms with Crippen LogP contribution in [0.4, 0.5) is 5.82 Å². The number of ether oxygens (including phenoxy) is 1. The van der Waals surface area contributed by atoms with Crippen LogP contribution in [0.15, 0.2) is 30.6 Å². The number of hydrogen-bond donors (Lipinski definition) is 1. The maximum absolute atomic E-state index is 13.5. The number of fused-ring (bicyclic) bond motifs is 1. The highest BCUT2D eigenvalue weighted by molar-refractivity contribution is 5.95. The molecule has 1 aliphatic heterocycles. The van der Waals surface area contributed by atoms with Crippen LogP contribution in [-0.4, -0.2) is 33.9 Å². The Kier molecular flexibility index (Phi) is 5.36. The van der Waals surface area contributed by atoms with Crippen molar-refractivity contribution < 1.29 is 9.53 Å². The van der Waals surface area contributed by atoms with E-state index in [2.05, 4.69) is 32.3 Å². The molecule has 33 heavy (non-hydrogen) atoms. The number of carbonyl (C=O) groups is 1. The molecular formula is C27H34N4O2. The molecule has 4 fully saturated rings. The van der Waals surface area contributed by atoms with Gasteiger partial charge in [-0.1, -0.05) is 12.1 Å². The van der Waals surface area contributed by atoms with E-state index in [1.807, 2.05) is 19.1 Å². The summed E-state index contributed by atoms with van der Waals surface area (Å²) in [5.41, 5.74) is 3.29. The Morgan fingerprint density at radius 3 is 2.45 bits per heavy atom. The summed E-state index contributed by atoms with van der Waals surface area (Å²) in [7, 11) is 0. The number of carbonyl (C=O) groups excluding carboxylic acids is 1. The highest BCUT2D eigenvalue weighted by Crippen LogP contribution is 2.60. The van der Waals surface area contributed by atoms with E-state index in [1.165, 1.54) is 24.8 Å². The van der Waals surface area contributed by atoms with Crippen LogP contribution in [-0.2, 0) is 24.3 Å². The molecule has 2 aromatic rings. The third-order valence-electron chi connectivity index (χ3n) is 8.48. The molecule has 2 heterocycles. The first-order chi connectivity index (χ1) is 16.1. The van der Waals surface area contributed by atoms with Gasteiger partial charge < -0.3 is 10.1 Å². The lowest BCUT2D eigenvalue weighted by atomic mass is 9.49. The van der Waals surface area contributed by atoms with Gasteiger partial charge in [-0.25, -0.2) is 9.97 Å². The molecule has 174 valence electrons. The summed E-state index contributed by atoms with van der Waals surface area (Å²) in [4.78, 5) is 25.1. The minimum atomic E-state index is -0.152. The fourth-order valence-corrected chi connectivity index (χ4v) is 7.40. The molecule has 6 heteroatoms. The first-order valence-corrected chi connectivity index (χ1v) is 12.7. The predicted octanol–water partition coefficient (Wildman–Crippen LogP) is 4.59. The largest absolute Gasteiger partial charge is 0.494 e. The fraction of sp³-hybridized carbons (Fsp3) is 0.593. The van der Waals surface area contributed by atoms with Gasteiger partial charge in [0.1, 0.15) is 17.9 Å². The van der Waals surface area contributed by atoms with Crippen LogP contribution in [0, 0.1) is 23.2 Å². The van der Waals surface area contributed by atoms with Crippen LogP contribution < -0.4 is 10.1 Å². The number of rotatable bonds is 6. The van der Waals surface area contributed by atoms with Crippen molar-refractivity contribution >= 4 is 11.7 Å². The lowest BCUT2D eigenvalue weighted by molar-refractivity contribution is -0.140. The number of aromatic nitrogens is 2. The standard InChI is InChI=1S/C27H34N4O2/c1-2-33-22-5-3-18(4-6-22)15-31-8-7-23-24(16-31)28-17-29-25(23)30-26(32)27-12-19-9-20(13-27)11-21(10-19)14-27/h3-6,17,19-21H,2,7-16H2,1H3,(H,28,29,30,32). The number of nitrogens with one attached hydrogen (secondary N) is 1. The molecular weight excluding hydrogens is 412 g/mol. The zero-order valence-corrected chi connectivity index (χ0v) is 19.6. The first-order valence-electron chi connectivity index (χ1n) is 12.7. The Morgan fingerprint density at radius 2 is 1.79 bits per heavy atom. The summed E-state index contributed by atoms with van der Waals surface area (Å²) in [6, 6.07) is 8.35. The van der Waals surface area contributed by atoms with Gasteiger partial charge >= 0.3 is 0 Å². The maximum Gasteiger partial charge on any atom is 0.231 e. The quantitative estimate of drug-likeness (QED) is 0.703. The zero-order chi connectivity index (χ0) is 22.4. The monoisotopic (exact) mass is 446 g/mol. The second-order valence-electron chi connectivity index (χ2n) is 10.8. The average molecular weight is 447 g/mol. The molecule has 4 bridgehead atoms. The van der Waals surface area contributed by atoms with Gasteiger partial charge in [0.2, 0.25) is 5.91 Å². The van der Waals surface area contributed by atoms with E-state index in [0.717, 1.165) is 85.9 Å². The summed E-state index contributed by atoms with van der Waals surface area (Å²) < 4.78 is 5.55. The first kappa shape index (κ1) is 21.1. The van der Waals surface area contributed by atoms with Crippen molar-refractivity contribution in [2.24, 2.45) is 23.2 Å². The SMILES string of the molecule is CCOc1ccc(CN2CCc3c(ncnc3NC(=O)C34CC5CC(CC(C5)C3)C4)C2)cc1. The van der Waals surface area contributed by atoms with Gasteiger partial charge in [0.15, 0.2) is 0 Å². The van der Waals surface area contributed by atoms with E-state index in [0.29, 0.717) is 6.61 Å². The molecule has 1 amide bonds. The van der Waals surface area contributed by atoms with Crippen molar-refractivity contribution in [3.8, 4) is 5.75 Å². The van der Waals surface area contributed by atoms with Gasteiger partial charge in [-0.2, -0.15) is 0 Å². The van der Waals surface area contributed by atoms with E-state index in [-0.39, 0.29) is 11.3 Å². The second kappa shape index (κ2) is 8.39. The third-order valence-corrected chi connectivity index (χ3v) is 8.48. The number of amides is 1. The smallest absolute Gasteiger partial charge is 0.231 e. The summed E-state index contributed by atoms with van der Waals surface area (Å²) in [5, 5.41) is 3.29. The summed E-state index contributed by atoms with van der Waals surface area (Å²) in [6.45, 7) is 5.29. The molecule has 4 aliphatic carbocycles. The van der Waals surface area contributed by atoms with E-state index >= 15 is 0 Å². The normalized spacial score (nSPS) is 30.2. The van der Waals surface area contributed by atoms with Gasteiger partial charge in [-0.15, -0.1) is 0 Å². The highest BCUT2D eigenvalue weighted by atomic mass is 16.5. The number of benzene rings is 1. The molecule has 0 unspecified atom stereocenters. The summed E-state index contributed by atoms with van der Waals surface area (Å²) >= 11 is 0. The molecule has 4 saturated carbocycles. The zero-order valence-electron chi connectivity index (χ0n) is 19.6. The third kappa shape index (κ3) is 4.03. The van der Waals surface area contributed by atoms with Crippen molar-refractivity contribution in [3.63, 3.8) is 0 Å². The molecule has 0 radical (unpaired) electrons. The lowest BCUT2D eigenvalue weighted by Gasteiger charge is -2.55. The van der Waals surface area contributed by atoms with Crippen molar-refractivity contribution in [3.05, 3.63) is 47.4 Å². The fourth-order valence-electron chi connectivity index (χ4n) is 7.40. The van der Waals surface area contributed by atoms with Crippen molar-refractivity contribution in [2.45, 2.75) is 65.0 Å². The number of nitrogens with zero attached hydrogens (tertiary/aromatic N) is 3. The molecule has 0 atom stereocenters. The molecule has 1 aromatic heterocycles. The van der Waals surface area contributed by atoms with Crippen LogP contribution in [0.1, 0.15) is 62.3 Å². The van der Waals surface area contributed by atoms with Gasteiger partial charge in [-0.05, 0) is 87.3 Å². The summed E-state index contributed by atoms with van der Waals surface area (Å²) in [6.07, 6.45) is 9.76. The van der Waals surface area contributed by atoms with Crippen LogP contribution in [0.5, 0.6) is 5.75 Å². The minimum absolute atomic E-state index is 0.152. The molecule has 6 nitrogen and oxygen atoms in total. The topological polar surface area (TPSA) is 67.3 Å². The molecule has 5 aliphatic rings. The number of anilines is 1. The van der Waals surface area contributed by atoms with E-state index in [9.17, 15) is 4.79 Å². The van der Waals surface area contributed by atoms with Crippen molar-refractivity contribution in [1.29, 1.82) is 0 Å². The van der Waals surface area contributed by atoms with E-state index < -0.39 is 0 Å². The van der Waals surface area contributed by atoms with Crippen LogP contribution in [0.3, 0.4) is 0 Å². The van der Waals surface area contributed by atoms with Crippen LogP contribution in [0.25, 0.3) is 0 Å². The Bertz CT molecular complexity index is 1000. The second-order valence-corrected chi connectivity index (χ2v) is 10.8. The van der Waals surface area contributed by atoms with Crippen molar-refractivity contribution in [2.75, 3.05) is 18.5 Å². The Balaban J connectivity index is 1.14. The lowest BCUT2D eigenvalue weighted by Crippen LogP contribution is -2.52. The van der Waals surface area contributed by atoms with Gasteiger partial charge in [-0.3, -0.25) is 9.69 Å². The Hall–Kier alpha value is -2.47. The highest BCUT2D eigenvalue weighted by Gasteiger charge is 2.54. The maximum atomic E-state index is 13.5. The van der Waals surface area contributed by atoms with Gasteiger partial charge in [0.25, 0.3) is 0 Å². The van der Waals surface area contributed by atoms with Crippen LogP contribution in [0.2, 0.25) is 0 Å². The van der Waals surface area contributed by atoms with E-state index in [1.54, 1.807) is 6.33 Å². The van der Waals surface area contributed by atoms with Crippen molar-refractivity contribution in [1.82, 2.24) is 14.9 Å². The Morgan fingerprint density at radius 1 is 1.09 bits per heavy atom. The predicted molar refractivity (Wildman–Crippen MR) is 127 cm³/mol. The molecule has 1 N–H and O–H groups in total. The van der Waals surface area contributed by atoms with E-state index in [4.69, 9.17) is 4.74 Å². The average Bonchev–Trinajstić information content (AvgIpc) is 2.80. The minimum Gasteiger partial charge on any atom is -0.494 e. The Labute approximate surface area is 196 Å². The molecule has 1 aromatic carbocycles. The molecule has 7 rings (SSSR count). The number of hydrogen-bond acceptors (Lipinski definition) is 5. The van der Waals surface area contributed by atoms with Gasteiger partial charge in [0.05, 0.1) is 17.7 Å². The van der Waals surface area contributed by atoms with Gasteiger partial charge in [0, 0.05) is 25.2 Å². The molecule has 0 saturated heterocycles. The molecule has 0 spiro atoms. The summed E-state index contributed by atoms with van der Waals surface area (Å²) in [5.74, 6) is 4.17. The van der Waals surface area contributed by atoms with Crippen LogP contribution >= 0.6 is 0 Å².